The van der Waals surface area contributed by atoms with Gasteiger partial charge in [-0.2, -0.15) is 0 Å². The maximum atomic E-state index is 5.26. The molecule has 0 saturated heterocycles. The number of benzene rings is 4. The molecule has 0 saturated carbocycles. The normalized spacial score (nSPS) is 11.8. The summed E-state index contributed by atoms with van der Waals surface area (Å²) in [4.78, 5) is 19.3. The Morgan fingerprint density at radius 3 is 0.930 bits per heavy atom. The van der Waals surface area contributed by atoms with Crippen LogP contribution >= 0.6 is 34.0 Å². The molecule has 0 bridgehead atoms. The van der Waals surface area contributed by atoms with E-state index < -0.39 is 0 Å². The van der Waals surface area contributed by atoms with E-state index in [0.717, 1.165) is 89.5 Å². The van der Waals surface area contributed by atoms with Crippen LogP contribution in [-0.2, 0) is 38.9 Å². The third-order valence-electron chi connectivity index (χ3n) is 11.4. The maximum Gasteiger partial charge on any atom is 0.151 e. The molecule has 282 valence electrons. The highest BCUT2D eigenvalue weighted by molar-refractivity contribution is 7.14. The van der Waals surface area contributed by atoms with E-state index in [1.807, 2.05) is 0 Å². The second-order valence-corrected chi connectivity index (χ2v) is 17.2. The molecule has 4 aromatic carbocycles. The monoisotopic (exact) mass is 798 g/mol. The van der Waals surface area contributed by atoms with Crippen LogP contribution < -0.4 is 0 Å². The quantitative estimate of drug-likeness (QED) is 0.124. The van der Waals surface area contributed by atoms with Crippen molar-refractivity contribution in [1.29, 1.82) is 0 Å². The summed E-state index contributed by atoms with van der Waals surface area (Å²) in [5.74, 6) is 3.08. The van der Waals surface area contributed by atoms with Gasteiger partial charge in [-0.3, -0.25) is 0 Å². The lowest BCUT2D eigenvalue weighted by Gasteiger charge is -2.28. The first-order valence-corrected chi connectivity index (χ1v) is 22.4. The Hall–Kier alpha value is -5.61. The zero-order valence-electron chi connectivity index (χ0n) is 32.3. The summed E-state index contributed by atoms with van der Waals surface area (Å²) in [7, 11) is 0. The minimum atomic E-state index is 0.731. The molecular formula is C48H42N6S3. The van der Waals surface area contributed by atoms with Crippen molar-refractivity contribution in [2.75, 3.05) is 0 Å². The molecule has 0 aliphatic carbocycles. The van der Waals surface area contributed by atoms with Gasteiger partial charge in [-0.15, -0.1) is 34.0 Å². The highest BCUT2D eigenvalue weighted by atomic mass is 32.1. The lowest BCUT2D eigenvalue weighted by atomic mass is 9.83. The van der Waals surface area contributed by atoms with Crippen molar-refractivity contribution in [3.63, 3.8) is 0 Å². The van der Waals surface area contributed by atoms with Crippen LogP contribution in [0.1, 0.15) is 54.2 Å². The van der Waals surface area contributed by atoms with E-state index in [1.165, 1.54) is 48.0 Å². The fraction of sp³-hybridized carbons (Fsp3) is 0.188. The average molecular weight is 799 g/mol. The number of hydrogen-bond donors (Lipinski definition) is 0. The van der Waals surface area contributed by atoms with Crippen LogP contribution in [0.4, 0.5) is 0 Å². The molecule has 0 aliphatic rings. The number of aromatic nitrogens is 6. The smallest absolute Gasteiger partial charge is 0.151 e. The molecule has 6 aromatic heterocycles. The molecule has 10 rings (SSSR count). The van der Waals surface area contributed by atoms with Gasteiger partial charge in [0.15, 0.2) is 17.5 Å². The largest absolute Gasteiger partial charge is 0.319 e. The summed E-state index contributed by atoms with van der Waals surface area (Å²) in [6.07, 6.45) is 2.75. The van der Waals surface area contributed by atoms with Crippen LogP contribution in [0.25, 0.3) is 65.2 Å². The molecule has 0 N–H and O–H groups in total. The Bertz CT molecular complexity index is 2650. The van der Waals surface area contributed by atoms with E-state index in [9.17, 15) is 0 Å². The Morgan fingerprint density at radius 1 is 0.368 bits per heavy atom. The van der Waals surface area contributed by atoms with Gasteiger partial charge >= 0.3 is 0 Å². The van der Waals surface area contributed by atoms with Gasteiger partial charge in [-0.05, 0) is 123 Å². The van der Waals surface area contributed by atoms with E-state index in [-0.39, 0.29) is 0 Å². The first kappa shape index (κ1) is 35.8. The molecule has 6 heterocycles. The lowest BCUT2D eigenvalue weighted by molar-refractivity contribution is 0.741. The lowest BCUT2D eigenvalue weighted by Crippen LogP contribution is -2.19. The van der Waals surface area contributed by atoms with Crippen molar-refractivity contribution in [2.24, 2.45) is 0 Å². The van der Waals surface area contributed by atoms with Crippen molar-refractivity contribution in [2.45, 2.75) is 59.7 Å². The fourth-order valence-corrected chi connectivity index (χ4v) is 11.1. The standard InChI is InChI=1S/C48H42N6S3/c1-4-31-34(28-52-40-19-10-7-16-37(40)49-46(52)43-22-13-25-55-43)32(5-2)36(30-54-42-21-12-9-18-39(42)51-48(54)45-24-15-27-57-45)33(6-3)35(31)29-53-41-20-11-8-17-38(41)50-47(53)44-23-14-26-56-44/h7-27H,4-6,28-30H2,1-3H3. The molecule has 57 heavy (non-hydrogen) atoms. The number of fused-ring (bicyclic) bond motifs is 3. The Labute approximate surface area is 344 Å². The maximum absolute atomic E-state index is 5.26. The number of hydrogen-bond acceptors (Lipinski definition) is 6. The van der Waals surface area contributed by atoms with Crippen molar-refractivity contribution >= 4 is 67.1 Å². The van der Waals surface area contributed by atoms with E-state index in [4.69, 9.17) is 15.0 Å². The third kappa shape index (κ3) is 6.16. The molecule has 0 fully saturated rings. The van der Waals surface area contributed by atoms with Gasteiger partial charge in [0.1, 0.15) is 0 Å². The zero-order chi connectivity index (χ0) is 38.5. The van der Waals surface area contributed by atoms with Gasteiger partial charge in [-0.25, -0.2) is 15.0 Å². The summed E-state index contributed by atoms with van der Waals surface area (Å²) >= 11 is 5.26. The molecule has 9 heteroatoms. The summed E-state index contributed by atoms with van der Waals surface area (Å²) in [6, 6.07) is 38.9. The number of imidazole rings is 3. The van der Waals surface area contributed by atoms with Crippen LogP contribution in [0.3, 0.4) is 0 Å². The van der Waals surface area contributed by atoms with Crippen LogP contribution in [0.5, 0.6) is 0 Å². The topological polar surface area (TPSA) is 53.5 Å². The van der Waals surface area contributed by atoms with Crippen molar-refractivity contribution in [3.8, 4) is 32.1 Å². The molecule has 6 nitrogen and oxygen atoms in total. The van der Waals surface area contributed by atoms with Gasteiger partial charge in [0, 0.05) is 0 Å². The first-order valence-electron chi connectivity index (χ1n) is 19.8. The number of nitrogens with zero attached hydrogens (tertiary/aromatic N) is 6. The Kier molecular flexibility index (Phi) is 9.44. The summed E-state index contributed by atoms with van der Waals surface area (Å²) in [6.45, 7) is 9.23. The van der Waals surface area contributed by atoms with Crippen LogP contribution in [0, 0.1) is 0 Å². The highest BCUT2D eigenvalue weighted by Gasteiger charge is 2.27. The molecule has 0 atom stereocenters. The number of thiophene rings is 3. The van der Waals surface area contributed by atoms with Crippen molar-refractivity contribution < 1.29 is 0 Å². The van der Waals surface area contributed by atoms with E-state index in [2.05, 4.69) is 160 Å². The van der Waals surface area contributed by atoms with Gasteiger partial charge in [0.25, 0.3) is 0 Å². The predicted molar refractivity (Wildman–Crippen MR) is 241 cm³/mol. The summed E-state index contributed by atoms with van der Waals surface area (Å²) in [5, 5.41) is 6.46. The molecule has 0 radical (unpaired) electrons. The van der Waals surface area contributed by atoms with Crippen LogP contribution in [-0.4, -0.2) is 28.7 Å². The molecule has 10 aromatic rings. The second kappa shape index (κ2) is 15.0. The van der Waals surface area contributed by atoms with Crippen LogP contribution in [0.15, 0.2) is 125 Å². The number of para-hydroxylation sites is 6. The fourth-order valence-electron chi connectivity index (χ4n) is 8.91. The minimum Gasteiger partial charge on any atom is -0.319 e. The summed E-state index contributed by atoms with van der Waals surface area (Å²) in [5.41, 5.74) is 15.1. The van der Waals surface area contributed by atoms with Gasteiger partial charge in [-0.1, -0.05) is 75.4 Å². The van der Waals surface area contributed by atoms with Gasteiger partial charge in [0.2, 0.25) is 0 Å². The third-order valence-corrected chi connectivity index (χ3v) is 14.0. The van der Waals surface area contributed by atoms with Gasteiger partial charge in [0.05, 0.1) is 67.4 Å². The van der Waals surface area contributed by atoms with Crippen molar-refractivity contribution in [3.05, 3.63) is 159 Å². The second-order valence-electron chi connectivity index (χ2n) is 14.4. The van der Waals surface area contributed by atoms with Crippen LogP contribution in [0.2, 0.25) is 0 Å². The molecular weight excluding hydrogens is 757 g/mol. The average Bonchev–Trinajstić information content (AvgIpc) is 4.10. The van der Waals surface area contributed by atoms with E-state index in [1.54, 1.807) is 34.0 Å². The molecule has 0 unspecified atom stereocenters. The van der Waals surface area contributed by atoms with Crippen molar-refractivity contribution in [1.82, 2.24) is 28.7 Å². The Morgan fingerprint density at radius 2 is 0.667 bits per heavy atom. The van der Waals surface area contributed by atoms with E-state index >= 15 is 0 Å². The number of rotatable bonds is 12. The summed E-state index contributed by atoms with van der Waals surface area (Å²) < 4.78 is 7.42. The van der Waals surface area contributed by atoms with Gasteiger partial charge < -0.3 is 13.7 Å². The SMILES string of the molecule is CCc1c(Cn2c(-c3cccs3)nc3ccccc32)c(CC)c(Cn2c(-c3cccs3)nc3ccccc32)c(CC)c1Cn1c(-c2cccs2)nc2ccccc21. The molecule has 0 aliphatic heterocycles. The molecule has 0 amide bonds. The predicted octanol–water partition coefficient (Wildman–Crippen LogP) is 12.8. The zero-order valence-corrected chi connectivity index (χ0v) is 34.7. The minimum absolute atomic E-state index is 0.731. The highest BCUT2D eigenvalue weighted by Crippen LogP contribution is 2.39. The first-order chi connectivity index (χ1) is 28.1. The van der Waals surface area contributed by atoms with E-state index in [0.29, 0.717) is 0 Å². The Balaban J connectivity index is 1.26. The molecule has 0 spiro atoms.